The van der Waals surface area contributed by atoms with Gasteiger partial charge < -0.3 is 23.5 Å². The zero-order valence-corrected chi connectivity index (χ0v) is 12.6. The van der Waals surface area contributed by atoms with Crippen LogP contribution in [-0.4, -0.2) is 42.8 Å². The van der Waals surface area contributed by atoms with Crippen molar-refractivity contribution in [2.24, 2.45) is 0 Å². The van der Waals surface area contributed by atoms with Crippen molar-refractivity contribution in [3.8, 4) is 22.9 Å². The van der Waals surface area contributed by atoms with Gasteiger partial charge in [-0.15, -0.1) is 0 Å². The van der Waals surface area contributed by atoms with E-state index in [9.17, 15) is 0 Å². The number of aromatic nitrogens is 2. The van der Waals surface area contributed by atoms with Crippen LogP contribution in [0.1, 0.15) is 11.6 Å². The molecule has 0 saturated carbocycles. The van der Waals surface area contributed by atoms with Crippen LogP contribution in [0.15, 0.2) is 24.5 Å². The average Bonchev–Trinajstić information content (AvgIpc) is 3.24. The number of aryl methyl sites for hydroxylation is 1. The van der Waals surface area contributed by atoms with Gasteiger partial charge >= 0.3 is 0 Å². The van der Waals surface area contributed by atoms with Crippen molar-refractivity contribution in [3.05, 3.63) is 30.1 Å². The molecule has 6 nitrogen and oxygen atoms in total. The van der Waals surface area contributed by atoms with Gasteiger partial charge in [0.25, 0.3) is 0 Å². The Labute approximate surface area is 128 Å². The Morgan fingerprint density at radius 3 is 2.86 bits per heavy atom. The number of benzene rings is 1. The second-order valence-corrected chi connectivity index (χ2v) is 5.56. The van der Waals surface area contributed by atoms with E-state index in [4.69, 9.17) is 18.9 Å². The normalized spacial score (nSPS) is 23.2. The van der Waals surface area contributed by atoms with Crippen molar-refractivity contribution in [1.29, 1.82) is 0 Å². The highest BCUT2D eigenvalue weighted by molar-refractivity contribution is 5.66. The molecular weight excluding hydrogens is 284 g/mol. The number of ether oxygens (including phenoxy) is 4. The quantitative estimate of drug-likeness (QED) is 0.870. The summed E-state index contributed by atoms with van der Waals surface area (Å²) < 4.78 is 24.1. The summed E-state index contributed by atoms with van der Waals surface area (Å²) in [5.41, 5.74) is 2.14. The molecule has 0 unspecified atom stereocenters. The number of hydrogen-bond acceptors (Lipinski definition) is 5. The molecule has 6 heteroatoms. The third kappa shape index (κ3) is 2.07. The van der Waals surface area contributed by atoms with Crippen molar-refractivity contribution < 1.29 is 18.9 Å². The van der Waals surface area contributed by atoms with Gasteiger partial charge in [0.2, 0.25) is 6.79 Å². The summed E-state index contributed by atoms with van der Waals surface area (Å²) in [7, 11) is 1.72. The minimum atomic E-state index is 0.0438. The van der Waals surface area contributed by atoms with Gasteiger partial charge in [-0.1, -0.05) is 0 Å². The maximum atomic E-state index is 5.56. The third-order valence-electron chi connectivity index (χ3n) is 4.29. The molecule has 1 fully saturated rings. The number of methoxy groups -OCH3 is 1. The van der Waals surface area contributed by atoms with Crippen LogP contribution in [0.25, 0.3) is 11.4 Å². The number of hydrogen-bond donors (Lipinski definition) is 0. The van der Waals surface area contributed by atoms with Gasteiger partial charge in [-0.25, -0.2) is 4.98 Å². The molecule has 0 bridgehead atoms. The lowest BCUT2D eigenvalue weighted by Gasteiger charge is -2.20. The lowest BCUT2D eigenvalue weighted by molar-refractivity contribution is 0.0688. The summed E-state index contributed by atoms with van der Waals surface area (Å²) in [6.07, 6.45) is 3.83. The second kappa shape index (κ2) is 5.30. The highest BCUT2D eigenvalue weighted by atomic mass is 16.7. The van der Waals surface area contributed by atoms with Crippen molar-refractivity contribution in [2.75, 3.05) is 27.1 Å². The van der Waals surface area contributed by atoms with Crippen LogP contribution >= 0.6 is 0 Å². The molecule has 0 amide bonds. The largest absolute Gasteiger partial charge is 0.454 e. The maximum absolute atomic E-state index is 5.56. The van der Waals surface area contributed by atoms with Crippen molar-refractivity contribution in [2.45, 2.75) is 19.1 Å². The fourth-order valence-electron chi connectivity index (χ4n) is 3.08. The molecule has 0 spiro atoms. The SMILES string of the molecule is CO[C@H]1COC[C@H]1n1ccnc1-c1cc2c(cc1C)OCO2. The molecule has 4 rings (SSSR count). The monoisotopic (exact) mass is 302 g/mol. The molecule has 2 aliphatic heterocycles. The number of fused-ring (bicyclic) bond motifs is 1. The predicted octanol–water partition coefficient (Wildman–Crippen LogP) is 2.17. The Morgan fingerprint density at radius 2 is 2.05 bits per heavy atom. The van der Waals surface area contributed by atoms with Crippen molar-refractivity contribution >= 4 is 0 Å². The lowest BCUT2D eigenvalue weighted by Crippen LogP contribution is -2.24. The fraction of sp³-hybridized carbons (Fsp3) is 0.438. The van der Waals surface area contributed by atoms with E-state index in [-0.39, 0.29) is 18.9 Å². The predicted molar refractivity (Wildman–Crippen MR) is 79.2 cm³/mol. The highest BCUT2D eigenvalue weighted by Crippen LogP contribution is 2.39. The van der Waals surface area contributed by atoms with E-state index in [0.29, 0.717) is 13.2 Å². The van der Waals surface area contributed by atoms with Gasteiger partial charge in [0.15, 0.2) is 11.5 Å². The molecule has 0 radical (unpaired) electrons. The van der Waals surface area contributed by atoms with E-state index in [0.717, 1.165) is 28.5 Å². The smallest absolute Gasteiger partial charge is 0.231 e. The van der Waals surface area contributed by atoms with Crippen molar-refractivity contribution in [1.82, 2.24) is 9.55 Å². The maximum Gasteiger partial charge on any atom is 0.231 e. The lowest BCUT2D eigenvalue weighted by atomic mass is 10.1. The summed E-state index contributed by atoms with van der Waals surface area (Å²) in [5, 5.41) is 0. The fourth-order valence-corrected chi connectivity index (χ4v) is 3.08. The van der Waals surface area contributed by atoms with E-state index in [1.54, 1.807) is 7.11 Å². The Bertz CT molecular complexity index is 697. The Kier molecular flexibility index (Phi) is 3.28. The molecule has 1 saturated heterocycles. The number of nitrogens with zero attached hydrogens (tertiary/aromatic N) is 2. The molecule has 2 aliphatic rings. The Hall–Kier alpha value is -2.05. The van der Waals surface area contributed by atoms with Crippen molar-refractivity contribution in [3.63, 3.8) is 0 Å². The van der Waals surface area contributed by atoms with Gasteiger partial charge in [0, 0.05) is 25.1 Å². The van der Waals surface area contributed by atoms with Crippen LogP contribution in [0.2, 0.25) is 0 Å². The standard InChI is InChI=1S/C16H18N2O4/c1-10-5-13-14(22-9-21-13)6-11(10)16-17-3-4-18(16)12-7-20-8-15(12)19-2/h3-6,12,15H,7-9H2,1-2H3/t12-,15+/m1/s1. The van der Waals surface area contributed by atoms with Gasteiger partial charge in [-0.05, 0) is 24.6 Å². The minimum absolute atomic E-state index is 0.0438. The zero-order chi connectivity index (χ0) is 15.1. The molecule has 116 valence electrons. The molecule has 2 atom stereocenters. The van der Waals surface area contributed by atoms with Gasteiger partial charge in [0.05, 0.1) is 19.3 Å². The molecule has 22 heavy (non-hydrogen) atoms. The first-order valence-electron chi connectivity index (χ1n) is 7.32. The first-order chi connectivity index (χ1) is 10.8. The third-order valence-corrected chi connectivity index (χ3v) is 4.29. The summed E-state index contributed by atoms with van der Waals surface area (Å²) in [6, 6.07) is 4.12. The summed E-state index contributed by atoms with van der Waals surface area (Å²) in [4.78, 5) is 4.54. The van der Waals surface area contributed by atoms with Gasteiger partial charge in [-0.3, -0.25) is 0 Å². The minimum Gasteiger partial charge on any atom is -0.454 e. The van der Waals surface area contributed by atoms with Crippen LogP contribution in [0.5, 0.6) is 11.5 Å². The van der Waals surface area contributed by atoms with Gasteiger partial charge in [-0.2, -0.15) is 0 Å². The average molecular weight is 302 g/mol. The van der Waals surface area contributed by atoms with Crippen LogP contribution in [0.4, 0.5) is 0 Å². The molecular formula is C16H18N2O4. The topological polar surface area (TPSA) is 54.7 Å². The van der Waals surface area contributed by atoms with Crippen LogP contribution in [0, 0.1) is 6.92 Å². The molecule has 0 aliphatic carbocycles. The summed E-state index contributed by atoms with van der Waals surface area (Å²) >= 11 is 0. The van der Waals surface area contributed by atoms with Gasteiger partial charge in [0.1, 0.15) is 11.9 Å². The number of imidazole rings is 1. The second-order valence-electron chi connectivity index (χ2n) is 5.56. The molecule has 0 N–H and O–H groups in total. The molecule has 2 aromatic rings. The Balaban J connectivity index is 1.77. The summed E-state index contributed by atoms with van der Waals surface area (Å²) in [6.45, 7) is 3.56. The first kappa shape index (κ1) is 13.6. The van der Waals surface area contributed by atoms with E-state index < -0.39 is 0 Å². The van der Waals surface area contributed by atoms with Crippen LogP contribution in [0.3, 0.4) is 0 Å². The van der Waals surface area contributed by atoms with Crippen LogP contribution < -0.4 is 9.47 Å². The van der Waals surface area contributed by atoms with E-state index in [2.05, 4.69) is 16.5 Å². The van der Waals surface area contributed by atoms with E-state index >= 15 is 0 Å². The van der Waals surface area contributed by atoms with Crippen LogP contribution in [-0.2, 0) is 9.47 Å². The summed E-state index contributed by atoms with van der Waals surface area (Å²) in [5.74, 6) is 2.45. The number of rotatable bonds is 3. The molecule has 1 aromatic heterocycles. The highest BCUT2D eigenvalue weighted by Gasteiger charge is 2.31. The Morgan fingerprint density at radius 1 is 1.23 bits per heavy atom. The first-order valence-corrected chi connectivity index (χ1v) is 7.32. The zero-order valence-electron chi connectivity index (χ0n) is 12.6. The van der Waals surface area contributed by atoms with E-state index in [1.807, 2.05) is 24.5 Å². The van der Waals surface area contributed by atoms with E-state index in [1.165, 1.54) is 0 Å². The molecule has 3 heterocycles. The molecule has 1 aromatic carbocycles.